The van der Waals surface area contributed by atoms with E-state index in [0.717, 1.165) is 18.3 Å². The molecule has 1 aliphatic rings. The van der Waals surface area contributed by atoms with E-state index in [-0.39, 0.29) is 18.5 Å². The van der Waals surface area contributed by atoms with Gasteiger partial charge >= 0.3 is 0 Å². The van der Waals surface area contributed by atoms with E-state index in [1.807, 2.05) is 37.3 Å². The minimum atomic E-state index is -0.338. The van der Waals surface area contributed by atoms with Gasteiger partial charge in [-0.3, -0.25) is 0 Å². The van der Waals surface area contributed by atoms with E-state index >= 15 is 0 Å². The fraction of sp³-hybridized carbons (Fsp3) is 0.462. The summed E-state index contributed by atoms with van der Waals surface area (Å²) in [6.45, 7) is 2.01. The number of hydrogen-bond donors (Lipinski definition) is 0. The van der Waals surface area contributed by atoms with Gasteiger partial charge in [-0.25, -0.2) is 0 Å². The second-order valence-corrected chi connectivity index (χ2v) is 4.09. The molecule has 0 aliphatic carbocycles. The molecule has 2 rings (SSSR count). The van der Waals surface area contributed by atoms with Crippen molar-refractivity contribution in [3.8, 4) is 0 Å². The number of carbonyl (C=O) groups is 1. The van der Waals surface area contributed by atoms with Crippen molar-refractivity contribution in [1.29, 1.82) is 0 Å². The molecule has 1 heterocycles. The Morgan fingerprint density at radius 2 is 2.06 bits per heavy atom. The van der Waals surface area contributed by atoms with Gasteiger partial charge in [-0.1, -0.05) is 30.3 Å². The van der Waals surface area contributed by atoms with Crippen molar-refractivity contribution in [2.75, 3.05) is 0 Å². The molecule has 1 unspecified atom stereocenters. The molecule has 3 nitrogen and oxygen atoms in total. The van der Waals surface area contributed by atoms with Crippen LogP contribution in [0.1, 0.15) is 31.6 Å². The number of ether oxygens (including phenoxy) is 2. The van der Waals surface area contributed by atoms with Crippen LogP contribution in [0.5, 0.6) is 0 Å². The normalized spacial score (nSPS) is 29.9. The van der Waals surface area contributed by atoms with E-state index in [2.05, 4.69) is 0 Å². The molecule has 0 aromatic heterocycles. The third-order valence-electron chi connectivity index (χ3n) is 2.70. The first-order valence-electron chi connectivity index (χ1n) is 5.59. The van der Waals surface area contributed by atoms with Gasteiger partial charge in [0.25, 0.3) is 0 Å². The summed E-state index contributed by atoms with van der Waals surface area (Å²) in [6.07, 6.45) is 1.90. The van der Waals surface area contributed by atoms with E-state index in [1.165, 1.54) is 0 Å². The summed E-state index contributed by atoms with van der Waals surface area (Å²) < 4.78 is 11.4. The summed E-state index contributed by atoms with van der Waals surface area (Å²) in [4.78, 5) is 10.5. The highest BCUT2D eigenvalue weighted by Gasteiger charge is 2.28. The molecular formula is C13H16O3. The lowest BCUT2D eigenvalue weighted by Crippen LogP contribution is -2.32. The second-order valence-electron chi connectivity index (χ2n) is 4.09. The van der Waals surface area contributed by atoms with E-state index in [9.17, 15) is 4.79 Å². The molecule has 1 aromatic rings. The van der Waals surface area contributed by atoms with Crippen molar-refractivity contribution < 1.29 is 14.3 Å². The standard InChI is InChI=1S/C13H16O3/c1-10-9-12(7-8-14)16-13(15-10)11-5-3-2-4-6-11/h2-6,8,10,12-13H,7,9H2,1H3/t10?,12-,13+/m1/s1. The number of hydrogen-bond acceptors (Lipinski definition) is 3. The van der Waals surface area contributed by atoms with Crippen LogP contribution in [0.2, 0.25) is 0 Å². The fourth-order valence-corrected chi connectivity index (χ4v) is 1.93. The monoisotopic (exact) mass is 220 g/mol. The highest BCUT2D eigenvalue weighted by molar-refractivity contribution is 5.50. The minimum Gasteiger partial charge on any atom is -0.345 e. The molecule has 0 radical (unpaired) electrons. The quantitative estimate of drug-likeness (QED) is 0.734. The molecule has 1 aliphatic heterocycles. The molecule has 0 spiro atoms. The highest BCUT2D eigenvalue weighted by atomic mass is 16.7. The minimum absolute atomic E-state index is 0.0218. The summed E-state index contributed by atoms with van der Waals surface area (Å²) in [5.74, 6) is 0. The molecule has 0 bridgehead atoms. The predicted molar refractivity (Wildman–Crippen MR) is 59.9 cm³/mol. The maximum atomic E-state index is 10.5. The maximum Gasteiger partial charge on any atom is 0.184 e. The zero-order valence-corrected chi connectivity index (χ0v) is 9.34. The van der Waals surface area contributed by atoms with Crippen LogP contribution < -0.4 is 0 Å². The Hall–Kier alpha value is -1.19. The first-order valence-corrected chi connectivity index (χ1v) is 5.59. The average Bonchev–Trinajstić information content (AvgIpc) is 2.30. The number of rotatable bonds is 3. The molecule has 3 heteroatoms. The van der Waals surface area contributed by atoms with Gasteiger partial charge in [-0.05, 0) is 6.92 Å². The average molecular weight is 220 g/mol. The van der Waals surface area contributed by atoms with Crippen LogP contribution in [0.25, 0.3) is 0 Å². The van der Waals surface area contributed by atoms with Gasteiger partial charge in [0.1, 0.15) is 6.29 Å². The fourth-order valence-electron chi connectivity index (χ4n) is 1.93. The van der Waals surface area contributed by atoms with Gasteiger partial charge in [0, 0.05) is 18.4 Å². The van der Waals surface area contributed by atoms with Crippen LogP contribution in [0, 0.1) is 0 Å². The third kappa shape index (κ3) is 2.68. The molecule has 86 valence electrons. The molecule has 0 saturated carbocycles. The Balaban J connectivity index is 2.07. The number of carbonyl (C=O) groups excluding carboxylic acids is 1. The van der Waals surface area contributed by atoms with Crippen molar-refractivity contribution in [1.82, 2.24) is 0 Å². The van der Waals surface area contributed by atoms with Gasteiger partial charge in [-0.2, -0.15) is 0 Å². The lowest BCUT2D eigenvalue weighted by molar-refractivity contribution is -0.243. The molecule has 16 heavy (non-hydrogen) atoms. The molecular weight excluding hydrogens is 204 g/mol. The zero-order chi connectivity index (χ0) is 11.4. The summed E-state index contributed by atoms with van der Waals surface area (Å²) in [7, 11) is 0. The van der Waals surface area contributed by atoms with E-state index in [4.69, 9.17) is 9.47 Å². The Bertz CT molecular complexity index is 336. The first-order chi connectivity index (χ1) is 7.79. The molecule has 0 N–H and O–H groups in total. The van der Waals surface area contributed by atoms with Crippen LogP contribution in [0.15, 0.2) is 30.3 Å². The summed E-state index contributed by atoms with van der Waals surface area (Å²) in [5, 5.41) is 0. The van der Waals surface area contributed by atoms with Gasteiger partial charge < -0.3 is 14.3 Å². The topological polar surface area (TPSA) is 35.5 Å². The largest absolute Gasteiger partial charge is 0.345 e. The van der Waals surface area contributed by atoms with Crippen LogP contribution in [-0.2, 0) is 14.3 Å². The summed E-state index contributed by atoms with van der Waals surface area (Å²) in [6, 6.07) is 9.81. The molecule has 1 aromatic carbocycles. The molecule has 1 fully saturated rings. The summed E-state index contributed by atoms with van der Waals surface area (Å²) in [5.41, 5.74) is 1.00. The van der Waals surface area contributed by atoms with Crippen molar-refractivity contribution in [2.24, 2.45) is 0 Å². The Labute approximate surface area is 95.4 Å². The lowest BCUT2D eigenvalue weighted by atomic mass is 10.1. The zero-order valence-electron chi connectivity index (χ0n) is 9.34. The lowest BCUT2D eigenvalue weighted by Gasteiger charge is -2.33. The maximum absolute atomic E-state index is 10.5. The predicted octanol–water partition coefficient (Wildman–Crippen LogP) is 2.47. The number of benzene rings is 1. The van der Waals surface area contributed by atoms with Crippen molar-refractivity contribution >= 4 is 6.29 Å². The van der Waals surface area contributed by atoms with Gasteiger partial charge in [0.2, 0.25) is 0 Å². The third-order valence-corrected chi connectivity index (χ3v) is 2.70. The van der Waals surface area contributed by atoms with Crippen LogP contribution >= 0.6 is 0 Å². The Morgan fingerprint density at radius 3 is 2.75 bits per heavy atom. The van der Waals surface area contributed by atoms with Gasteiger partial charge in [-0.15, -0.1) is 0 Å². The van der Waals surface area contributed by atoms with Crippen LogP contribution in [0.4, 0.5) is 0 Å². The Morgan fingerprint density at radius 1 is 1.31 bits per heavy atom. The van der Waals surface area contributed by atoms with Gasteiger partial charge in [0.05, 0.1) is 12.2 Å². The molecule has 0 amide bonds. The molecule has 1 saturated heterocycles. The van der Waals surface area contributed by atoms with Gasteiger partial charge in [0.15, 0.2) is 6.29 Å². The van der Waals surface area contributed by atoms with Crippen molar-refractivity contribution in [3.05, 3.63) is 35.9 Å². The van der Waals surface area contributed by atoms with E-state index in [1.54, 1.807) is 0 Å². The van der Waals surface area contributed by atoms with Crippen molar-refractivity contribution in [2.45, 2.75) is 38.3 Å². The Kier molecular flexibility index (Phi) is 3.70. The summed E-state index contributed by atoms with van der Waals surface area (Å²) >= 11 is 0. The van der Waals surface area contributed by atoms with E-state index in [0.29, 0.717) is 6.42 Å². The first kappa shape index (κ1) is 11.3. The van der Waals surface area contributed by atoms with E-state index < -0.39 is 0 Å². The second kappa shape index (κ2) is 5.23. The van der Waals surface area contributed by atoms with Crippen LogP contribution in [-0.4, -0.2) is 18.5 Å². The SMILES string of the molecule is CC1C[C@@H](CC=O)O[C@@H](c2ccccc2)O1. The number of aldehydes is 1. The van der Waals surface area contributed by atoms with Crippen LogP contribution in [0.3, 0.4) is 0 Å². The molecule has 3 atom stereocenters. The smallest absolute Gasteiger partial charge is 0.184 e. The van der Waals surface area contributed by atoms with Crippen molar-refractivity contribution in [3.63, 3.8) is 0 Å². The highest BCUT2D eigenvalue weighted by Crippen LogP contribution is 2.30.